The van der Waals surface area contributed by atoms with Crippen LogP contribution in [0.25, 0.3) is 0 Å². The van der Waals surface area contributed by atoms with Crippen molar-refractivity contribution in [2.45, 2.75) is 34.1 Å². The monoisotopic (exact) mass is 154 g/mol. The Morgan fingerprint density at radius 2 is 2.00 bits per heavy atom. The Balaban J connectivity index is 3.82. The summed E-state index contributed by atoms with van der Waals surface area (Å²) in [7, 11) is 0. The van der Waals surface area contributed by atoms with Crippen molar-refractivity contribution in [1.82, 2.24) is 0 Å². The molecule has 0 amide bonds. The fourth-order valence-electron chi connectivity index (χ4n) is 0.956. The molecule has 0 aromatic rings. The van der Waals surface area contributed by atoms with Crippen LogP contribution in [0.2, 0.25) is 0 Å². The number of hydrogen-bond donors (Lipinski definition) is 0. The van der Waals surface area contributed by atoms with E-state index in [1.54, 1.807) is 6.92 Å². The lowest BCUT2D eigenvalue weighted by atomic mass is 9.90. The molecule has 0 saturated carbocycles. The molecule has 0 heterocycles. The molecular weight excluding hydrogens is 136 g/mol. The number of rotatable bonds is 4. The van der Waals surface area contributed by atoms with Crippen molar-refractivity contribution in [1.29, 1.82) is 0 Å². The van der Waals surface area contributed by atoms with Gasteiger partial charge in [0.15, 0.2) is 0 Å². The average molecular weight is 154 g/mol. The molecule has 2 atom stereocenters. The van der Waals surface area contributed by atoms with Gasteiger partial charge < -0.3 is 0 Å². The van der Waals surface area contributed by atoms with Crippen LogP contribution in [0, 0.1) is 11.8 Å². The second-order valence-corrected chi connectivity index (χ2v) is 3.18. The molecule has 0 aromatic carbocycles. The Bertz CT molecular complexity index is 147. The zero-order valence-corrected chi connectivity index (χ0v) is 7.92. The lowest BCUT2D eigenvalue weighted by Crippen LogP contribution is -2.15. The van der Waals surface area contributed by atoms with Crippen LogP contribution in [0.4, 0.5) is 0 Å². The predicted molar refractivity (Wildman–Crippen MR) is 48.4 cm³/mol. The van der Waals surface area contributed by atoms with Crippen LogP contribution in [-0.4, -0.2) is 5.78 Å². The number of allylic oxidation sites excluding steroid dienone is 2. The maximum atomic E-state index is 10.9. The van der Waals surface area contributed by atoms with Gasteiger partial charge >= 0.3 is 0 Å². The van der Waals surface area contributed by atoms with Crippen LogP contribution in [0.5, 0.6) is 0 Å². The largest absolute Gasteiger partial charge is 0.300 e. The molecule has 11 heavy (non-hydrogen) atoms. The van der Waals surface area contributed by atoms with Crippen LogP contribution >= 0.6 is 0 Å². The summed E-state index contributed by atoms with van der Waals surface area (Å²) in [4.78, 5) is 10.9. The van der Waals surface area contributed by atoms with Crippen LogP contribution in [-0.2, 0) is 4.79 Å². The fraction of sp³-hybridized carbons (Fsp3) is 0.700. The molecule has 0 rings (SSSR count). The van der Waals surface area contributed by atoms with E-state index in [-0.39, 0.29) is 5.92 Å². The Morgan fingerprint density at radius 3 is 2.36 bits per heavy atom. The van der Waals surface area contributed by atoms with Crippen molar-refractivity contribution >= 4 is 5.78 Å². The van der Waals surface area contributed by atoms with Crippen molar-refractivity contribution in [2.75, 3.05) is 0 Å². The first kappa shape index (κ1) is 10.4. The first-order valence-electron chi connectivity index (χ1n) is 4.21. The number of hydrogen-bond acceptors (Lipinski definition) is 1. The molecule has 1 nitrogen and oxygen atoms in total. The van der Waals surface area contributed by atoms with E-state index in [9.17, 15) is 4.79 Å². The van der Waals surface area contributed by atoms with Gasteiger partial charge in [0.05, 0.1) is 0 Å². The van der Waals surface area contributed by atoms with Crippen molar-refractivity contribution in [3.05, 3.63) is 12.2 Å². The molecule has 0 bridgehead atoms. The normalized spacial score (nSPS) is 16.7. The Morgan fingerprint density at radius 1 is 1.45 bits per heavy atom. The number of carbonyl (C=O) groups is 1. The molecule has 0 radical (unpaired) electrons. The second kappa shape index (κ2) is 5.11. The highest BCUT2D eigenvalue weighted by Gasteiger charge is 2.14. The van der Waals surface area contributed by atoms with Gasteiger partial charge in [0.25, 0.3) is 0 Å². The number of carbonyl (C=O) groups excluding carboxylic acids is 1. The van der Waals surface area contributed by atoms with E-state index in [1.807, 2.05) is 19.9 Å². The molecule has 0 aromatic heterocycles. The third kappa shape index (κ3) is 3.97. The van der Waals surface area contributed by atoms with Gasteiger partial charge in [-0.3, -0.25) is 4.79 Å². The van der Waals surface area contributed by atoms with Gasteiger partial charge in [0, 0.05) is 5.92 Å². The SMILES string of the molecule is C/C=C/CC(C)C(C)C(C)=O. The van der Waals surface area contributed by atoms with E-state index in [1.165, 1.54) is 0 Å². The first-order chi connectivity index (χ1) is 5.09. The summed E-state index contributed by atoms with van der Waals surface area (Å²) in [5.41, 5.74) is 0. The molecular formula is C10H18O. The fourth-order valence-corrected chi connectivity index (χ4v) is 0.956. The summed E-state index contributed by atoms with van der Waals surface area (Å²) in [5, 5.41) is 0. The van der Waals surface area contributed by atoms with Gasteiger partial charge in [0.1, 0.15) is 5.78 Å². The van der Waals surface area contributed by atoms with E-state index in [2.05, 4.69) is 13.0 Å². The summed E-state index contributed by atoms with van der Waals surface area (Å²) in [6.45, 7) is 7.78. The van der Waals surface area contributed by atoms with Gasteiger partial charge in [-0.05, 0) is 26.2 Å². The topological polar surface area (TPSA) is 17.1 Å². The third-order valence-corrected chi connectivity index (χ3v) is 2.24. The third-order valence-electron chi connectivity index (χ3n) is 2.24. The summed E-state index contributed by atoms with van der Waals surface area (Å²) in [6.07, 6.45) is 5.16. The van der Waals surface area contributed by atoms with Crippen LogP contribution in [0.15, 0.2) is 12.2 Å². The van der Waals surface area contributed by atoms with Crippen LogP contribution < -0.4 is 0 Å². The van der Waals surface area contributed by atoms with Gasteiger partial charge in [-0.2, -0.15) is 0 Å². The number of ketones is 1. The molecule has 0 spiro atoms. The van der Waals surface area contributed by atoms with Gasteiger partial charge in [-0.1, -0.05) is 26.0 Å². The molecule has 0 aliphatic rings. The molecule has 64 valence electrons. The van der Waals surface area contributed by atoms with Crippen LogP contribution in [0.3, 0.4) is 0 Å². The first-order valence-corrected chi connectivity index (χ1v) is 4.21. The number of Topliss-reactive ketones (excluding diaryl/α,β-unsaturated/α-hetero) is 1. The van der Waals surface area contributed by atoms with E-state index in [0.29, 0.717) is 11.7 Å². The minimum absolute atomic E-state index is 0.200. The standard InChI is InChI=1S/C10H18O/c1-5-6-7-8(2)9(3)10(4)11/h5-6,8-9H,7H2,1-4H3/b6-5+. The predicted octanol–water partition coefficient (Wildman–Crippen LogP) is 2.81. The van der Waals surface area contributed by atoms with E-state index in [4.69, 9.17) is 0 Å². The minimum atomic E-state index is 0.200. The lowest BCUT2D eigenvalue weighted by molar-refractivity contribution is -0.121. The van der Waals surface area contributed by atoms with Gasteiger partial charge in [-0.15, -0.1) is 0 Å². The van der Waals surface area contributed by atoms with Gasteiger partial charge in [0.2, 0.25) is 0 Å². The summed E-state index contributed by atoms with van der Waals surface area (Å²) in [6, 6.07) is 0. The molecule has 0 N–H and O–H groups in total. The van der Waals surface area contributed by atoms with Crippen LogP contribution in [0.1, 0.15) is 34.1 Å². The zero-order chi connectivity index (χ0) is 8.85. The van der Waals surface area contributed by atoms with Crippen molar-refractivity contribution in [2.24, 2.45) is 11.8 Å². The Hall–Kier alpha value is -0.590. The van der Waals surface area contributed by atoms with E-state index < -0.39 is 0 Å². The highest BCUT2D eigenvalue weighted by atomic mass is 16.1. The summed E-state index contributed by atoms with van der Waals surface area (Å²) < 4.78 is 0. The van der Waals surface area contributed by atoms with Crippen molar-refractivity contribution in [3.63, 3.8) is 0 Å². The second-order valence-electron chi connectivity index (χ2n) is 3.18. The molecule has 1 heteroatoms. The zero-order valence-electron chi connectivity index (χ0n) is 7.92. The van der Waals surface area contributed by atoms with Crippen molar-refractivity contribution in [3.8, 4) is 0 Å². The van der Waals surface area contributed by atoms with Gasteiger partial charge in [-0.25, -0.2) is 0 Å². The summed E-state index contributed by atoms with van der Waals surface area (Å²) >= 11 is 0. The van der Waals surface area contributed by atoms with Crippen molar-refractivity contribution < 1.29 is 4.79 Å². The highest BCUT2D eigenvalue weighted by Crippen LogP contribution is 2.15. The maximum absolute atomic E-state index is 10.9. The highest BCUT2D eigenvalue weighted by molar-refractivity contribution is 5.78. The Labute approximate surface area is 69.5 Å². The smallest absolute Gasteiger partial charge is 0.132 e. The quantitative estimate of drug-likeness (QED) is 0.569. The lowest BCUT2D eigenvalue weighted by Gasteiger charge is -2.14. The average Bonchev–Trinajstić information content (AvgIpc) is 1.98. The Kier molecular flexibility index (Phi) is 4.84. The molecule has 0 saturated heterocycles. The molecule has 0 fully saturated rings. The molecule has 0 aliphatic heterocycles. The minimum Gasteiger partial charge on any atom is -0.300 e. The van der Waals surface area contributed by atoms with E-state index in [0.717, 1.165) is 6.42 Å². The molecule has 0 aliphatic carbocycles. The maximum Gasteiger partial charge on any atom is 0.132 e. The molecule has 2 unspecified atom stereocenters. The summed E-state index contributed by atoms with van der Waals surface area (Å²) in [5.74, 6) is 0.969. The van der Waals surface area contributed by atoms with E-state index >= 15 is 0 Å².